The van der Waals surface area contributed by atoms with Crippen LogP contribution in [0.25, 0.3) is 5.69 Å². The van der Waals surface area contributed by atoms with Crippen LogP contribution in [0.4, 0.5) is 35.3 Å². The Labute approximate surface area is 219 Å². The fraction of sp³-hybridized carbons (Fsp3) is 0.167. The summed E-state index contributed by atoms with van der Waals surface area (Å²) in [7, 11) is 0. The van der Waals surface area contributed by atoms with Crippen molar-refractivity contribution in [3.63, 3.8) is 0 Å². The molecule has 3 heterocycles. The number of aromatic nitrogens is 5. The van der Waals surface area contributed by atoms with Crippen molar-refractivity contribution < 1.29 is 27.9 Å². The first-order valence-corrected chi connectivity index (χ1v) is 11.3. The summed E-state index contributed by atoms with van der Waals surface area (Å²) in [6.45, 7) is 3.17. The monoisotopic (exact) mass is 541 g/mol. The lowest BCUT2D eigenvalue weighted by Gasteiger charge is -2.27. The van der Waals surface area contributed by atoms with Crippen molar-refractivity contribution in [2.24, 2.45) is 5.73 Å². The third kappa shape index (κ3) is 6.03. The molecule has 0 fully saturated rings. The van der Waals surface area contributed by atoms with Crippen molar-refractivity contribution in [2.45, 2.75) is 25.9 Å². The molecule has 3 aromatic heterocycles. The number of halogens is 3. The Hall–Kier alpha value is -5.21. The van der Waals surface area contributed by atoms with Crippen molar-refractivity contribution >= 4 is 29.3 Å². The van der Waals surface area contributed by atoms with E-state index >= 15 is 4.39 Å². The van der Waals surface area contributed by atoms with Gasteiger partial charge in [0.1, 0.15) is 11.5 Å². The summed E-state index contributed by atoms with van der Waals surface area (Å²) in [4.78, 5) is 33.1. The molecule has 12 nitrogen and oxygen atoms in total. The second-order valence-electron chi connectivity index (χ2n) is 8.38. The number of carboxylic acid groups (broad SMARTS) is 1. The molecular formula is C24H22F3N9O3. The molecule has 1 aromatic carbocycles. The first-order valence-electron chi connectivity index (χ1n) is 11.3. The fourth-order valence-electron chi connectivity index (χ4n) is 3.77. The molecule has 2 amide bonds. The SMILES string of the molecule is Cc1ncc(Nc2nc(N[C@H](c3ccc(F)c(F)c3)[C@H](C)NC(=O)O)c(F)cc2C(N)=O)cc1-n1nccn1. The second-order valence-corrected chi connectivity index (χ2v) is 8.38. The maximum Gasteiger partial charge on any atom is 0.404 e. The minimum Gasteiger partial charge on any atom is -0.465 e. The molecule has 0 spiro atoms. The van der Waals surface area contributed by atoms with Crippen LogP contribution < -0.4 is 21.7 Å². The number of nitrogens with one attached hydrogen (secondary N) is 3. The third-order valence-corrected chi connectivity index (χ3v) is 5.64. The summed E-state index contributed by atoms with van der Waals surface area (Å²) in [5.74, 6) is -4.87. The summed E-state index contributed by atoms with van der Waals surface area (Å²) in [5, 5.41) is 25.1. The maximum absolute atomic E-state index is 15.1. The summed E-state index contributed by atoms with van der Waals surface area (Å²) in [5.41, 5.74) is 6.69. The van der Waals surface area contributed by atoms with Crippen molar-refractivity contribution in [3.8, 4) is 5.69 Å². The topological polar surface area (TPSA) is 173 Å². The molecule has 0 bridgehead atoms. The number of nitrogens with two attached hydrogens (primary N) is 1. The molecular weight excluding hydrogens is 519 g/mol. The lowest BCUT2D eigenvalue weighted by Crippen LogP contribution is -2.39. The number of hydrogen-bond donors (Lipinski definition) is 5. The molecule has 2 atom stereocenters. The zero-order valence-corrected chi connectivity index (χ0v) is 20.5. The third-order valence-electron chi connectivity index (χ3n) is 5.64. The van der Waals surface area contributed by atoms with Gasteiger partial charge in [0.2, 0.25) is 0 Å². The highest BCUT2D eigenvalue weighted by Crippen LogP contribution is 2.29. The molecule has 4 aromatic rings. The van der Waals surface area contributed by atoms with Crippen LogP contribution in [0.5, 0.6) is 0 Å². The highest BCUT2D eigenvalue weighted by molar-refractivity contribution is 5.98. The molecule has 0 aliphatic carbocycles. The molecule has 4 rings (SSSR count). The Morgan fingerprint density at radius 3 is 2.38 bits per heavy atom. The van der Waals surface area contributed by atoms with Gasteiger partial charge in [-0.25, -0.2) is 22.9 Å². The molecule has 6 N–H and O–H groups in total. The molecule has 202 valence electrons. The summed E-state index contributed by atoms with van der Waals surface area (Å²) in [6.07, 6.45) is 3.00. The number of aryl methyl sites for hydroxylation is 1. The van der Waals surface area contributed by atoms with Gasteiger partial charge < -0.3 is 26.8 Å². The van der Waals surface area contributed by atoms with E-state index in [1.807, 2.05) is 0 Å². The zero-order valence-electron chi connectivity index (χ0n) is 20.5. The number of anilines is 3. The molecule has 0 aliphatic heterocycles. The van der Waals surface area contributed by atoms with Gasteiger partial charge in [-0.15, -0.1) is 4.80 Å². The molecule has 0 saturated carbocycles. The highest BCUT2D eigenvalue weighted by Gasteiger charge is 2.25. The quantitative estimate of drug-likeness (QED) is 0.213. The van der Waals surface area contributed by atoms with Crippen LogP contribution in [0, 0.1) is 24.4 Å². The van der Waals surface area contributed by atoms with Crippen LogP contribution >= 0.6 is 0 Å². The van der Waals surface area contributed by atoms with Crippen LogP contribution in [0.2, 0.25) is 0 Å². The lowest BCUT2D eigenvalue weighted by molar-refractivity contribution is 0.1000. The van der Waals surface area contributed by atoms with E-state index in [-0.39, 0.29) is 16.9 Å². The summed E-state index contributed by atoms with van der Waals surface area (Å²) < 4.78 is 42.6. The van der Waals surface area contributed by atoms with E-state index in [0.29, 0.717) is 17.1 Å². The van der Waals surface area contributed by atoms with Crippen LogP contribution in [-0.4, -0.2) is 48.1 Å². The van der Waals surface area contributed by atoms with E-state index in [1.54, 1.807) is 13.0 Å². The minimum atomic E-state index is -1.40. The number of primary amides is 1. The normalized spacial score (nSPS) is 12.4. The van der Waals surface area contributed by atoms with Gasteiger partial charge in [0.25, 0.3) is 5.91 Å². The molecule has 15 heteroatoms. The van der Waals surface area contributed by atoms with E-state index in [2.05, 4.69) is 36.1 Å². The van der Waals surface area contributed by atoms with Crippen molar-refractivity contribution in [2.75, 3.05) is 10.6 Å². The average Bonchev–Trinajstić information content (AvgIpc) is 3.41. The first-order chi connectivity index (χ1) is 18.5. The predicted molar refractivity (Wildman–Crippen MR) is 133 cm³/mol. The van der Waals surface area contributed by atoms with Gasteiger partial charge in [0.05, 0.1) is 47.6 Å². The van der Waals surface area contributed by atoms with E-state index in [9.17, 15) is 23.5 Å². The minimum absolute atomic E-state index is 0.101. The van der Waals surface area contributed by atoms with Gasteiger partial charge in [-0.05, 0) is 43.7 Å². The Balaban J connectivity index is 1.74. The summed E-state index contributed by atoms with van der Waals surface area (Å²) >= 11 is 0. The van der Waals surface area contributed by atoms with Crippen molar-refractivity contribution in [1.29, 1.82) is 0 Å². The van der Waals surface area contributed by atoms with Crippen molar-refractivity contribution in [1.82, 2.24) is 30.3 Å². The molecule has 0 aliphatic rings. The second kappa shape index (κ2) is 11.0. The molecule has 0 unspecified atom stereocenters. The van der Waals surface area contributed by atoms with Gasteiger partial charge in [-0.3, -0.25) is 9.78 Å². The van der Waals surface area contributed by atoms with Gasteiger partial charge in [-0.2, -0.15) is 10.2 Å². The number of pyridine rings is 2. The van der Waals surface area contributed by atoms with Crippen LogP contribution in [0.1, 0.15) is 34.6 Å². The van der Waals surface area contributed by atoms with E-state index < -0.39 is 47.4 Å². The number of nitrogens with zero attached hydrogens (tertiary/aromatic N) is 5. The zero-order chi connectivity index (χ0) is 28.3. The standard InChI is InChI=1S/C24H22F3N9O3/c1-11-19(36-30-5-6-31-36)8-14(10-29-11)33-22-15(21(28)37)9-18(27)23(35-22)34-20(12(2)32-24(38)39)13-3-4-16(25)17(26)7-13/h3-10,12,20,32H,1-2H3,(H2,28,37)(H,38,39)(H2,33,34,35)/t12-,20-/m0/s1. The van der Waals surface area contributed by atoms with Crippen LogP contribution in [-0.2, 0) is 0 Å². The summed E-state index contributed by atoms with van der Waals surface area (Å²) in [6, 6.07) is 3.31. The molecule has 0 radical (unpaired) electrons. The molecule has 39 heavy (non-hydrogen) atoms. The average molecular weight is 541 g/mol. The fourth-order valence-corrected chi connectivity index (χ4v) is 3.77. The smallest absolute Gasteiger partial charge is 0.404 e. The maximum atomic E-state index is 15.1. The number of amides is 2. The number of carbonyl (C=O) groups is 2. The van der Waals surface area contributed by atoms with Crippen LogP contribution in [0.15, 0.2) is 48.9 Å². The Bertz CT molecular complexity index is 1530. The van der Waals surface area contributed by atoms with Crippen molar-refractivity contribution in [3.05, 3.63) is 83.2 Å². The number of hydrogen-bond acceptors (Lipinski definition) is 8. The number of benzene rings is 1. The van der Waals surface area contributed by atoms with E-state index in [4.69, 9.17) is 5.73 Å². The van der Waals surface area contributed by atoms with Gasteiger partial charge >= 0.3 is 6.09 Å². The number of rotatable bonds is 9. The molecule has 0 saturated heterocycles. The van der Waals surface area contributed by atoms with Crippen LogP contribution in [0.3, 0.4) is 0 Å². The predicted octanol–water partition coefficient (Wildman–Crippen LogP) is 3.43. The Morgan fingerprint density at radius 2 is 1.74 bits per heavy atom. The van der Waals surface area contributed by atoms with Gasteiger partial charge in [0, 0.05) is 0 Å². The van der Waals surface area contributed by atoms with E-state index in [1.165, 1.54) is 36.4 Å². The lowest BCUT2D eigenvalue weighted by atomic mass is 10.00. The number of carbonyl (C=O) groups excluding carboxylic acids is 1. The van der Waals surface area contributed by atoms with Gasteiger partial charge in [0.15, 0.2) is 23.3 Å². The largest absolute Gasteiger partial charge is 0.465 e. The Morgan fingerprint density at radius 1 is 1.03 bits per heavy atom. The van der Waals surface area contributed by atoms with E-state index in [0.717, 1.165) is 18.2 Å². The highest BCUT2D eigenvalue weighted by atomic mass is 19.2. The first kappa shape index (κ1) is 26.8. The van der Waals surface area contributed by atoms with Gasteiger partial charge in [-0.1, -0.05) is 6.07 Å². The Kier molecular flexibility index (Phi) is 7.60.